The topological polar surface area (TPSA) is 84.1 Å². The molecule has 9 heteroatoms. The smallest absolute Gasteiger partial charge is 0.183 e. The molecule has 0 radical (unpaired) electrons. The first kappa shape index (κ1) is 16.6. The molecule has 1 saturated heterocycles. The first-order chi connectivity index (χ1) is 12.4. The van der Waals surface area contributed by atoms with E-state index in [0.29, 0.717) is 12.5 Å². The van der Waals surface area contributed by atoms with Crippen LogP contribution >= 0.6 is 0 Å². The molecule has 1 aliphatic rings. The minimum Gasteiger partial charge on any atom is -0.367 e. The minimum absolute atomic E-state index is 0.131. The van der Waals surface area contributed by atoms with E-state index >= 15 is 0 Å². The first-order valence-corrected chi connectivity index (χ1v) is 8.59. The van der Waals surface area contributed by atoms with Crippen LogP contribution in [0.15, 0.2) is 24.7 Å². The van der Waals surface area contributed by atoms with E-state index in [0.717, 1.165) is 36.6 Å². The maximum absolute atomic E-state index is 13.5. The van der Waals surface area contributed by atoms with Crippen molar-refractivity contribution >= 4 is 17.3 Å². The standard InChI is InChI=1S/C17H21FN8/c1-17(2,3)16-23-22-13-4-5-14(24-26(13)16)25-8-11(9-25)6-20-15-12(18)7-19-10-21-15/h4-5,7,10-11H,6,8-9H2,1-3H3,(H,19,20,21). The Bertz CT molecular complexity index is 926. The molecule has 0 amide bonds. The second-order valence-corrected chi connectivity index (χ2v) is 7.61. The predicted octanol–water partition coefficient (Wildman–Crippen LogP) is 1.90. The van der Waals surface area contributed by atoms with Crippen LogP contribution in [0.3, 0.4) is 0 Å². The maximum Gasteiger partial charge on any atom is 0.183 e. The largest absolute Gasteiger partial charge is 0.367 e. The molecule has 1 fully saturated rings. The van der Waals surface area contributed by atoms with Gasteiger partial charge in [0, 0.05) is 31.0 Å². The van der Waals surface area contributed by atoms with Crippen molar-refractivity contribution in [2.24, 2.45) is 5.92 Å². The Labute approximate surface area is 150 Å². The van der Waals surface area contributed by atoms with Gasteiger partial charge in [-0.15, -0.1) is 15.3 Å². The van der Waals surface area contributed by atoms with Crippen LogP contribution in [0.5, 0.6) is 0 Å². The van der Waals surface area contributed by atoms with Crippen molar-refractivity contribution in [3.8, 4) is 0 Å². The number of fused-ring (bicyclic) bond motifs is 1. The Morgan fingerprint density at radius 2 is 2.04 bits per heavy atom. The van der Waals surface area contributed by atoms with Crippen LogP contribution in [0, 0.1) is 11.7 Å². The van der Waals surface area contributed by atoms with Crippen molar-refractivity contribution in [1.29, 1.82) is 0 Å². The zero-order valence-electron chi connectivity index (χ0n) is 15.0. The Morgan fingerprint density at radius 3 is 2.77 bits per heavy atom. The Morgan fingerprint density at radius 1 is 1.23 bits per heavy atom. The van der Waals surface area contributed by atoms with Crippen molar-refractivity contribution < 1.29 is 4.39 Å². The van der Waals surface area contributed by atoms with Crippen molar-refractivity contribution in [3.63, 3.8) is 0 Å². The molecule has 3 aromatic rings. The summed E-state index contributed by atoms with van der Waals surface area (Å²) in [4.78, 5) is 9.74. The number of anilines is 2. The van der Waals surface area contributed by atoms with Gasteiger partial charge in [-0.05, 0) is 12.1 Å². The molecular formula is C17H21FN8. The lowest BCUT2D eigenvalue weighted by atomic mass is 9.96. The molecule has 3 aromatic heterocycles. The van der Waals surface area contributed by atoms with Gasteiger partial charge in [-0.1, -0.05) is 20.8 Å². The second kappa shape index (κ2) is 6.15. The molecule has 0 bridgehead atoms. The number of hydrogen-bond acceptors (Lipinski definition) is 7. The molecule has 4 heterocycles. The van der Waals surface area contributed by atoms with E-state index in [2.05, 4.69) is 51.2 Å². The molecule has 0 atom stereocenters. The van der Waals surface area contributed by atoms with E-state index in [-0.39, 0.29) is 11.2 Å². The van der Waals surface area contributed by atoms with Gasteiger partial charge in [0.05, 0.1) is 6.20 Å². The summed E-state index contributed by atoms with van der Waals surface area (Å²) in [7, 11) is 0. The van der Waals surface area contributed by atoms with Gasteiger partial charge in [-0.2, -0.15) is 4.52 Å². The van der Waals surface area contributed by atoms with Crippen LogP contribution in [0.1, 0.15) is 26.6 Å². The molecule has 0 spiro atoms. The molecule has 8 nitrogen and oxygen atoms in total. The van der Waals surface area contributed by atoms with Crippen LogP contribution in [0.25, 0.3) is 5.65 Å². The second-order valence-electron chi connectivity index (χ2n) is 7.61. The Kier molecular flexibility index (Phi) is 3.93. The highest BCUT2D eigenvalue weighted by molar-refractivity contribution is 5.48. The third-order valence-electron chi connectivity index (χ3n) is 4.43. The molecule has 4 rings (SSSR count). The average molecular weight is 356 g/mol. The van der Waals surface area contributed by atoms with E-state index in [1.807, 2.05) is 16.6 Å². The third kappa shape index (κ3) is 3.04. The maximum atomic E-state index is 13.5. The van der Waals surface area contributed by atoms with E-state index < -0.39 is 5.82 Å². The van der Waals surface area contributed by atoms with Crippen molar-refractivity contribution in [1.82, 2.24) is 29.8 Å². The van der Waals surface area contributed by atoms with E-state index in [1.54, 1.807) is 0 Å². The molecular weight excluding hydrogens is 335 g/mol. The summed E-state index contributed by atoms with van der Waals surface area (Å²) in [6.45, 7) is 8.64. The van der Waals surface area contributed by atoms with E-state index in [9.17, 15) is 4.39 Å². The summed E-state index contributed by atoms with van der Waals surface area (Å²) in [6, 6.07) is 3.90. The van der Waals surface area contributed by atoms with Gasteiger partial charge in [0.1, 0.15) is 12.1 Å². The molecule has 136 valence electrons. The lowest BCUT2D eigenvalue weighted by Gasteiger charge is -2.40. The molecule has 26 heavy (non-hydrogen) atoms. The number of rotatable bonds is 4. The molecule has 0 saturated carbocycles. The van der Waals surface area contributed by atoms with Crippen molar-refractivity contribution in [3.05, 3.63) is 36.3 Å². The predicted molar refractivity (Wildman–Crippen MR) is 95.7 cm³/mol. The lowest BCUT2D eigenvalue weighted by molar-refractivity contribution is 0.422. The highest BCUT2D eigenvalue weighted by Crippen LogP contribution is 2.25. The molecule has 1 N–H and O–H groups in total. The fourth-order valence-corrected chi connectivity index (χ4v) is 2.99. The average Bonchev–Trinajstić information content (AvgIpc) is 2.98. The lowest BCUT2D eigenvalue weighted by Crippen LogP contribution is -2.50. The monoisotopic (exact) mass is 356 g/mol. The van der Waals surface area contributed by atoms with Gasteiger partial charge in [0.25, 0.3) is 0 Å². The zero-order valence-corrected chi connectivity index (χ0v) is 15.0. The number of nitrogens with zero attached hydrogens (tertiary/aromatic N) is 7. The summed E-state index contributed by atoms with van der Waals surface area (Å²) < 4.78 is 15.3. The van der Waals surface area contributed by atoms with Crippen LogP contribution in [0.4, 0.5) is 16.0 Å². The van der Waals surface area contributed by atoms with E-state index in [4.69, 9.17) is 5.10 Å². The third-order valence-corrected chi connectivity index (χ3v) is 4.43. The van der Waals surface area contributed by atoms with Gasteiger partial charge < -0.3 is 10.2 Å². The van der Waals surface area contributed by atoms with Crippen LogP contribution in [-0.4, -0.2) is 49.4 Å². The molecule has 0 aliphatic carbocycles. The zero-order chi connectivity index (χ0) is 18.3. The number of halogens is 1. The Hall–Kier alpha value is -2.84. The highest BCUT2D eigenvalue weighted by atomic mass is 19.1. The van der Waals surface area contributed by atoms with Crippen LogP contribution in [0.2, 0.25) is 0 Å². The van der Waals surface area contributed by atoms with E-state index in [1.165, 1.54) is 6.33 Å². The van der Waals surface area contributed by atoms with Crippen LogP contribution < -0.4 is 10.2 Å². The van der Waals surface area contributed by atoms with Gasteiger partial charge >= 0.3 is 0 Å². The summed E-state index contributed by atoms with van der Waals surface area (Å²) in [5.74, 6) is 1.96. The fourth-order valence-electron chi connectivity index (χ4n) is 2.99. The molecule has 0 aromatic carbocycles. The summed E-state index contributed by atoms with van der Waals surface area (Å²) in [5.41, 5.74) is 0.616. The van der Waals surface area contributed by atoms with Crippen LogP contribution in [-0.2, 0) is 5.41 Å². The van der Waals surface area contributed by atoms with Gasteiger partial charge in [-0.25, -0.2) is 14.4 Å². The number of aromatic nitrogens is 6. The SMILES string of the molecule is CC(C)(C)c1nnc2ccc(N3CC(CNc4ncncc4F)C3)nn12. The highest BCUT2D eigenvalue weighted by Gasteiger charge is 2.29. The van der Waals surface area contributed by atoms with Crippen molar-refractivity contribution in [2.75, 3.05) is 29.9 Å². The van der Waals surface area contributed by atoms with Gasteiger partial charge in [0.15, 0.2) is 23.1 Å². The van der Waals surface area contributed by atoms with Crippen molar-refractivity contribution in [2.45, 2.75) is 26.2 Å². The quantitative estimate of drug-likeness (QED) is 0.764. The Balaban J connectivity index is 1.42. The first-order valence-electron chi connectivity index (χ1n) is 8.59. The number of nitrogens with one attached hydrogen (secondary N) is 1. The van der Waals surface area contributed by atoms with Gasteiger partial charge in [-0.3, -0.25) is 0 Å². The normalized spacial score (nSPS) is 15.3. The summed E-state index contributed by atoms with van der Waals surface area (Å²) in [5, 5.41) is 16.2. The molecule has 0 unspecified atom stereocenters. The molecule has 1 aliphatic heterocycles. The fraction of sp³-hybridized carbons (Fsp3) is 0.471. The summed E-state index contributed by atoms with van der Waals surface area (Å²) >= 11 is 0. The van der Waals surface area contributed by atoms with Gasteiger partial charge in [0.2, 0.25) is 0 Å². The minimum atomic E-state index is -0.432. The number of hydrogen-bond donors (Lipinski definition) is 1. The summed E-state index contributed by atoms with van der Waals surface area (Å²) in [6.07, 6.45) is 2.50.